The van der Waals surface area contributed by atoms with E-state index in [0.717, 1.165) is 31.9 Å². The van der Waals surface area contributed by atoms with Crippen molar-refractivity contribution < 1.29 is 5.11 Å². The molecular weight excluding hydrogens is 176 g/mol. The lowest BCUT2D eigenvalue weighted by Crippen LogP contribution is -2.44. The van der Waals surface area contributed by atoms with E-state index in [0.29, 0.717) is 0 Å². The number of hydrogen-bond donors (Lipinski definition) is 1. The highest BCUT2D eigenvalue weighted by atomic mass is 16.3. The highest BCUT2D eigenvalue weighted by Gasteiger charge is 2.13. The quantitative estimate of drug-likeness (QED) is 0.715. The molecule has 1 aromatic carbocycles. The molecule has 3 nitrogen and oxygen atoms in total. The van der Waals surface area contributed by atoms with Crippen LogP contribution >= 0.6 is 0 Å². The van der Waals surface area contributed by atoms with Crippen LogP contribution in [0.3, 0.4) is 0 Å². The minimum atomic E-state index is 0.224. The number of aromatic hydroxyl groups is 1. The zero-order valence-electron chi connectivity index (χ0n) is 8.40. The van der Waals surface area contributed by atoms with E-state index >= 15 is 0 Å². The molecule has 75 valence electrons. The molecule has 0 unspecified atom stereocenters. The molecule has 1 N–H and O–H groups in total. The molecular formula is C11H15N2O. The fourth-order valence-electron chi connectivity index (χ4n) is 1.70. The molecule has 0 bridgehead atoms. The molecule has 2 rings (SSSR count). The second-order valence-electron chi connectivity index (χ2n) is 3.72. The summed E-state index contributed by atoms with van der Waals surface area (Å²) in [5.74, 6) is 0.224. The highest BCUT2D eigenvalue weighted by molar-refractivity contribution is 5.50. The Morgan fingerprint density at radius 3 is 2.64 bits per heavy atom. The van der Waals surface area contributed by atoms with Crippen LogP contribution in [0.15, 0.2) is 18.2 Å². The fraction of sp³-hybridized carbons (Fsp3) is 0.455. The predicted octanol–water partition coefficient (Wildman–Crippen LogP) is 0.944. The molecule has 0 atom stereocenters. The molecule has 1 saturated heterocycles. The number of rotatable bonds is 1. The summed E-state index contributed by atoms with van der Waals surface area (Å²) in [7, 11) is 2.13. The Balaban J connectivity index is 2.08. The molecule has 0 spiro atoms. The number of piperazine rings is 1. The Morgan fingerprint density at radius 2 is 2.00 bits per heavy atom. The summed E-state index contributed by atoms with van der Waals surface area (Å²) in [5, 5.41) is 9.30. The van der Waals surface area contributed by atoms with Crippen molar-refractivity contribution in [3.8, 4) is 5.75 Å². The van der Waals surface area contributed by atoms with E-state index in [9.17, 15) is 5.11 Å². The molecule has 0 amide bonds. The van der Waals surface area contributed by atoms with Crippen LogP contribution in [-0.2, 0) is 0 Å². The predicted molar refractivity (Wildman–Crippen MR) is 56.7 cm³/mol. The third-order valence-electron chi connectivity index (χ3n) is 2.64. The Labute approximate surface area is 84.6 Å². The standard InChI is InChI=1S/C11H15N2O/c1-12-5-7-13(8-6-12)10-3-2-4-11(14)9-10/h2-3,9,14H,5-8H2,1H3. The lowest BCUT2D eigenvalue weighted by molar-refractivity contribution is 0.312. The van der Waals surface area contributed by atoms with Crippen molar-refractivity contribution in [1.82, 2.24) is 4.90 Å². The van der Waals surface area contributed by atoms with Crippen molar-refractivity contribution in [2.24, 2.45) is 0 Å². The number of nitrogens with zero attached hydrogens (tertiary/aromatic N) is 2. The van der Waals surface area contributed by atoms with Gasteiger partial charge in [-0.3, -0.25) is 0 Å². The third-order valence-corrected chi connectivity index (χ3v) is 2.64. The smallest absolute Gasteiger partial charge is 0.125 e. The average molecular weight is 191 g/mol. The number of phenolic OH excluding ortho intramolecular Hbond substituents is 1. The first-order chi connectivity index (χ1) is 6.75. The Bertz CT molecular complexity index is 306. The van der Waals surface area contributed by atoms with Crippen LogP contribution in [0.25, 0.3) is 0 Å². The minimum Gasteiger partial charge on any atom is -0.507 e. The van der Waals surface area contributed by atoms with Gasteiger partial charge in [0.15, 0.2) is 0 Å². The second kappa shape index (κ2) is 3.88. The van der Waals surface area contributed by atoms with Crippen LogP contribution in [0.4, 0.5) is 5.69 Å². The van der Waals surface area contributed by atoms with Crippen molar-refractivity contribution in [3.05, 3.63) is 24.3 Å². The minimum absolute atomic E-state index is 0.224. The number of hydrogen-bond acceptors (Lipinski definition) is 3. The number of anilines is 1. The van der Waals surface area contributed by atoms with Gasteiger partial charge in [-0.25, -0.2) is 0 Å². The number of benzene rings is 1. The SMILES string of the molecule is CN1CCN(c2cc[c]c(O)c2)CC1. The van der Waals surface area contributed by atoms with E-state index in [4.69, 9.17) is 0 Å². The number of likely N-dealkylation sites (N-methyl/N-ethyl adjacent to an activating group) is 1. The lowest BCUT2D eigenvalue weighted by Gasteiger charge is -2.34. The first kappa shape index (κ1) is 9.34. The van der Waals surface area contributed by atoms with Gasteiger partial charge in [-0.1, -0.05) is 0 Å². The van der Waals surface area contributed by atoms with E-state index < -0.39 is 0 Å². The third kappa shape index (κ3) is 1.99. The van der Waals surface area contributed by atoms with Crippen molar-refractivity contribution in [2.75, 3.05) is 38.1 Å². The summed E-state index contributed by atoms with van der Waals surface area (Å²) in [6.45, 7) is 4.22. The summed E-state index contributed by atoms with van der Waals surface area (Å²) < 4.78 is 0. The van der Waals surface area contributed by atoms with Crippen LogP contribution in [-0.4, -0.2) is 43.2 Å². The van der Waals surface area contributed by atoms with Gasteiger partial charge in [0.2, 0.25) is 0 Å². The first-order valence-corrected chi connectivity index (χ1v) is 4.90. The van der Waals surface area contributed by atoms with Crippen molar-refractivity contribution in [1.29, 1.82) is 0 Å². The van der Waals surface area contributed by atoms with E-state index in [1.165, 1.54) is 0 Å². The maximum absolute atomic E-state index is 9.30. The van der Waals surface area contributed by atoms with Gasteiger partial charge in [0.25, 0.3) is 0 Å². The molecule has 0 aliphatic carbocycles. The summed E-state index contributed by atoms with van der Waals surface area (Å²) in [4.78, 5) is 4.60. The van der Waals surface area contributed by atoms with Crippen LogP contribution in [0.2, 0.25) is 0 Å². The molecule has 1 fully saturated rings. The molecule has 3 heteroatoms. The lowest BCUT2D eigenvalue weighted by atomic mass is 10.2. The van der Waals surface area contributed by atoms with E-state index in [2.05, 4.69) is 22.9 Å². The van der Waals surface area contributed by atoms with Crippen molar-refractivity contribution in [3.63, 3.8) is 0 Å². The van der Waals surface area contributed by atoms with Gasteiger partial charge in [0.1, 0.15) is 5.75 Å². The van der Waals surface area contributed by atoms with Crippen molar-refractivity contribution >= 4 is 5.69 Å². The summed E-state index contributed by atoms with van der Waals surface area (Å²) >= 11 is 0. The molecule has 0 saturated carbocycles. The maximum Gasteiger partial charge on any atom is 0.125 e. The van der Waals surface area contributed by atoms with Crippen LogP contribution in [0, 0.1) is 6.07 Å². The average Bonchev–Trinajstić information content (AvgIpc) is 2.19. The summed E-state index contributed by atoms with van der Waals surface area (Å²) in [6, 6.07) is 8.27. The van der Waals surface area contributed by atoms with Gasteiger partial charge in [-0.2, -0.15) is 0 Å². The van der Waals surface area contributed by atoms with Gasteiger partial charge in [-0.05, 0) is 19.2 Å². The molecule has 14 heavy (non-hydrogen) atoms. The molecule has 1 aliphatic heterocycles. The normalized spacial score (nSPS) is 18.5. The van der Waals surface area contributed by atoms with E-state index in [1.807, 2.05) is 6.07 Å². The molecule has 1 aromatic rings. The summed E-state index contributed by atoms with van der Waals surface area (Å²) in [5.41, 5.74) is 1.09. The Kier molecular flexibility index (Phi) is 2.59. The Morgan fingerprint density at radius 1 is 1.29 bits per heavy atom. The topological polar surface area (TPSA) is 26.7 Å². The monoisotopic (exact) mass is 191 g/mol. The summed E-state index contributed by atoms with van der Waals surface area (Å²) in [6.07, 6.45) is 0. The van der Waals surface area contributed by atoms with E-state index in [-0.39, 0.29) is 5.75 Å². The van der Waals surface area contributed by atoms with Gasteiger partial charge < -0.3 is 14.9 Å². The van der Waals surface area contributed by atoms with Crippen LogP contribution < -0.4 is 4.90 Å². The van der Waals surface area contributed by atoms with Crippen LogP contribution in [0.1, 0.15) is 0 Å². The largest absolute Gasteiger partial charge is 0.507 e. The first-order valence-electron chi connectivity index (χ1n) is 4.90. The second-order valence-corrected chi connectivity index (χ2v) is 3.72. The van der Waals surface area contributed by atoms with Gasteiger partial charge in [0.05, 0.1) is 0 Å². The number of phenols is 1. The van der Waals surface area contributed by atoms with Crippen molar-refractivity contribution in [2.45, 2.75) is 0 Å². The molecule has 0 aromatic heterocycles. The Hall–Kier alpha value is -1.22. The maximum atomic E-state index is 9.30. The zero-order valence-corrected chi connectivity index (χ0v) is 8.40. The highest BCUT2D eigenvalue weighted by Crippen LogP contribution is 2.20. The van der Waals surface area contributed by atoms with E-state index in [1.54, 1.807) is 12.1 Å². The molecule has 1 radical (unpaired) electrons. The fourth-order valence-corrected chi connectivity index (χ4v) is 1.70. The molecule has 1 heterocycles. The van der Waals surface area contributed by atoms with Crippen LogP contribution in [0.5, 0.6) is 5.75 Å². The van der Waals surface area contributed by atoms with Gasteiger partial charge in [0, 0.05) is 44.0 Å². The van der Waals surface area contributed by atoms with Gasteiger partial charge >= 0.3 is 0 Å². The molecule has 1 aliphatic rings. The zero-order chi connectivity index (χ0) is 9.97. The van der Waals surface area contributed by atoms with Gasteiger partial charge in [-0.15, -0.1) is 0 Å².